The molecule has 25 heavy (non-hydrogen) atoms. The van der Waals surface area contributed by atoms with Gasteiger partial charge in [-0.05, 0) is 27.2 Å². The summed E-state index contributed by atoms with van der Waals surface area (Å²) < 4.78 is 0. The summed E-state index contributed by atoms with van der Waals surface area (Å²) in [4.78, 5) is 25.6. The molecule has 0 heterocycles. The monoisotopic (exact) mass is 379 g/mol. The molecule has 0 saturated carbocycles. The van der Waals surface area contributed by atoms with Gasteiger partial charge >= 0.3 is 51.4 Å². The first-order valence-corrected chi connectivity index (χ1v) is 9.94. The minimum atomic E-state index is -1.38. The molecule has 0 aliphatic carbocycles. The molecule has 0 aromatic rings. The molecule has 4 nitrogen and oxygen atoms in total. The van der Waals surface area contributed by atoms with Crippen LogP contribution in [0.2, 0.25) is 0 Å². The number of carboxylic acid groups (broad SMARTS) is 1. The van der Waals surface area contributed by atoms with Gasteiger partial charge in [-0.2, -0.15) is 0 Å². The van der Waals surface area contributed by atoms with Gasteiger partial charge < -0.3 is 14.8 Å². The number of carbonyl (C=O) groups is 2. The number of hydrogen-bond donors (Lipinski definition) is 0. The predicted octanol–water partition coefficient (Wildman–Crippen LogP) is 0.926. The van der Waals surface area contributed by atoms with Crippen molar-refractivity contribution in [3.63, 3.8) is 0 Å². The van der Waals surface area contributed by atoms with Crippen LogP contribution in [0, 0.1) is 5.41 Å². The Morgan fingerprint density at radius 2 is 1.20 bits per heavy atom. The Kier molecular flexibility index (Phi) is 18.6. The topological polar surface area (TPSA) is 60.4 Å². The third-order valence-electron chi connectivity index (χ3n) is 5.00. The normalized spacial score (nSPS) is 13.0. The van der Waals surface area contributed by atoms with Gasteiger partial charge in [-0.25, -0.2) is 0 Å². The van der Waals surface area contributed by atoms with E-state index in [0.29, 0.717) is 19.5 Å². The van der Waals surface area contributed by atoms with E-state index >= 15 is 0 Å². The number of carboxylic acids is 1. The molecule has 0 aliphatic rings. The molecule has 0 saturated heterocycles. The maximum Gasteiger partial charge on any atom is 1.00 e. The molecule has 1 amide bonds. The van der Waals surface area contributed by atoms with Crippen molar-refractivity contribution in [3.05, 3.63) is 0 Å². The third kappa shape index (κ3) is 11.1. The molecule has 0 aromatic carbocycles. The van der Waals surface area contributed by atoms with Crippen LogP contribution in [0.1, 0.15) is 98.3 Å². The summed E-state index contributed by atoms with van der Waals surface area (Å²) in [5.41, 5.74) is -1.38. The molecule has 1 atom stereocenters. The van der Waals surface area contributed by atoms with Crippen molar-refractivity contribution in [2.24, 2.45) is 5.41 Å². The number of nitrogens with zero attached hydrogens (tertiary/aromatic N) is 1. The van der Waals surface area contributed by atoms with Crippen LogP contribution in [0.25, 0.3) is 0 Å². The van der Waals surface area contributed by atoms with Crippen LogP contribution in [-0.2, 0) is 9.59 Å². The second-order valence-electron chi connectivity index (χ2n) is 7.03. The second-order valence-corrected chi connectivity index (χ2v) is 7.03. The van der Waals surface area contributed by atoms with Gasteiger partial charge in [-0.3, -0.25) is 4.79 Å². The Morgan fingerprint density at radius 3 is 1.56 bits per heavy atom. The van der Waals surface area contributed by atoms with Gasteiger partial charge in [0, 0.05) is 13.1 Å². The average molecular weight is 380 g/mol. The smallest absolute Gasteiger partial charge is 0.549 e. The minimum absolute atomic E-state index is 0. The molecule has 0 radical (unpaired) electrons. The van der Waals surface area contributed by atoms with E-state index in [4.69, 9.17) is 0 Å². The van der Waals surface area contributed by atoms with E-state index < -0.39 is 11.4 Å². The first-order chi connectivity index (χ1) is 11.4. The van der Waals surface area contributed by atoms with Gasteiger partial charge in [-0.1, -0.05) is 71.1 Å². The van der Waals surface area contributed by atoms with E-state index in [1.54, 1.807) is 4.90 Å². The Bertz CT molecular complexity index is 359. The van der Waals surface area contributed by atoms with Gasteiger partial charge in [0.2, 0.25) is 5.91 Å². The largest absolute Gasteiger partial charge is 1.00 e. The zero-order valence-electron chi connectivity index (χ0n) is 17.4. The van der Waals surface area contributed by atoms with E-state index in [1.807, 2.05) is 13.8 Å². The van der Waals surface area contributed by atoms with E-state index in [1.165, 1.54) is 51.9 Å². The van der Waals surface area contributed by atoms with Crippen LogP contribution in [0.15, 0.2) is 0 Å². The van der Waals surface area contributed by atoms with Crippen LogP contribution in [0.5, 0.6) is 0 Å². The molecular weight excluding hydrogens is 341 g/mol. The first-order valence-electron chi connectivity index (χ1n) is 9.94. The van der Waals surface area contributed by atoms with Crippen molar-refractivity contribution >= 4 is 11.9 Å². The fourth-order valence-corrected chi connectivity index (χ4v) is 3.12. The van der Waals surface area contributed by atoms with E-state index in [-0.39, 0.29) is 57.3 Å². The second kappa shape index (κ2) is 16.7. The number of rotatable bonds is 15. The summed E-state index contributed by atoms with van der Waals surface area (Å²) in [5.74, 6) is -1.54. The van der Waals surface area contributed by atoms with Crippen LogP contribution in [-0.4, -0.2) is 29.9 Å². The van der Waals surface area contributed by atoms with E-state index in [9.17, 15) is 14.7 Å². The summed E-state index contributed by atoms with van der Waals surface area (Å²) in [6.45, 7) is 8.57. The molecule has 5 heteroatoms. The van der Waals surface area contributed by atoms with Gasteiger partial charge in [0.25, 0.3) is 0 Å². The van der Waals surface area contributed by atoms with Crippen LogP contribution >= 0.6 is 0 Å². The van der Waals surface area contributed by atoms with Gasteiger partial charge in [0.15, 0.2) is 0 Å². The van der Waals surface area contributed by atoms with Crippen molar-refractivity contribution in [2.45, 2.75) is 98.3 Å². The van der Waals surface area contributed by atoms with Crippen LogP contribution in [0.3, 0.4) is 0 Å². The standard InChI is InChI=1S/C20H39NO3.K/c1-5-8-9-10-11-12-13-14-15-16-17-20(4,19(23)24)18(22)21(6-2)7-3;/h5-17H2,1-4H3,(H,23,24);/q;+1/p-1. The number of unbranched alkanes of at least 4 members (excludes halogenated alkanes) is 9. The fraction of sp³-hybridized carbons (Fsp3) is 0.900. The number of aliphatic carboxylic acids is 1. The van der Waals surface area contributed by atoms with Gasteiger partial charge in [0.05, 0.1) is 11.4 Å². The van der Waals surface area contributed by atoms with E-state index in [0.717, 1.165) is 19.3 Å². The summed E-state index contributed by atoms with van der Waals surface area (Å²) in [5, 5.41) is 11.5. The fourth-order valence-electron chi connectivity index (χ4n) is 3.12. The minimum Gasteiger partial charge on any atom is -0.549 e. The third-order valence-corrected chi connectivity index (χ3v) is 5.00. The molecule has 0 bridgehead atoms. The summed E-state index contributed by atoms with van der Waals surface area (Å²) in [7, 11) is 0. The van der Waals surface area contributed by atoms with Crippen molar-refractivity contribution in [1.82, 2.24) is 4.90 Å². The molecule has 1 unspecified atom stereocenters. The number of carbonyl (C=O) groups excluding carboxylic acids is 2. The Morgan fingerprint density at radius 1 is 0.800 bits per heavy atom. The average Bonchev–Trinajstić information content (AvgIpc) is 2.57. The van der Waals surface area contributed by atoms with Gasteiger partial charge in [-0.15, -0.1) is 0 Å². The first kappa shape index (κ1) is 27.8. The van der Waals surface area contributed by atoms with Crippen molar-refractivity contribution in [3.8, 4) is 0 Å². The molecule has 142 valence electrons. The summed E-state index contributed by atoms with van der Waals surface area (Å²) >= 11 is 0. The zero-order chi connectivity index (χ0) is 18.4. The van der Waals surface area contributed by atoms with E-state index in [2.05, 4.69) is 6.92 Å². The Labute approximate surface area is 197 Å². The molecule has 0 fully saturated rings. The maximum atomic E-state index is 12.5. The molecule has 0 N–H and O–H groups in total. The van der Waals surface area contributed by atoms with Crippen LogP contribution < -0.4 is 56.5 Å². The molecule has 0 rings (SSSR count). The van der Waals surface area contributed by atoms with Crippen molar-refractivity contribution in [1.29, 1.82) is 0 Å². The molecule has 0 spiro atoms. The Hall–Kier alpha value is 0.576. The molecule has 0 aliphatic heterocycles. The summed E-state index contributed by atoms with van der Waals surface area (Å²) in [6, 6.07) is 0. The Balaban J connectivity index is 0. The quantitative estimate of drug-likeness (QED) is 0.242. The predicted molar refractivity (Wildman–Crippen MR) is 97.5 cm³/mol. The number of hydrogen-bond acceptors (Lipinski definition) is 3. The molecule has 0 aromatic heterocycles. The zero-order valence-corrected chi connectivity index (χ0v) is 20.5. The SMILES string of the molecule is CCCCCCCCCCCCC(C)(C(=O)[O-])C(=O)N(CC)CC.[K+]. The van der Waals surface area contributed by atoms with Crippen molar-refractivity contribution in [2.75, 3.05) is 13.1 Å². The summed E-state index contributed by atoms with van der Waals surface area (Å²) in [6.07, 6.45) is 12.3. The molecular formula is C20H38KNO3. The van der Waals surface area contributed by atoms with Gasteiger partial charge in [0.1, 0.15) is 0 Å². The van der Waals surface area contributed by atoms with Crippen molar-refractivity contribution < 1.29 is 66.1 Å². The maximum absolute atomic E-state index is 12.5. The van der Waals surface area contributed by atoms with Crippen LogP contribution in [0.4, 0.5) is 0 Å². The number of amides is 1.